The van der Waals surface area contributed by atoms with E-state index in [-0.39, 0.29) is 42.8 Å². The Morgan fingerprint density at radius 3 is 1.15 bits per heavy atom. The topological polar surface area (TPSA) is 95.0 Å². The van der Waals surface area contributed by atoms with Crippen molar-refractivity contribution in [2.24, 2.45) is 5.41 Å². The van der Waals surface area contributed by atoms with Gasteiger partial charge in [-0.1, -0.05) is 168 Å². The number of fused-ring (bicyclic) bond motifs is 2. The molecule has 0 saturated carbocycles. The average molecular weight is 827 g/mol. The number of carbonyl (C=O) groups is 4. The predicted molar refractivity (Wildman–Crippen MR) is 251 cm³/mol. The van der Waals surface area contributed by atoms with Crippen LogP contribution in [0.25, 0.3) is 43.1 Å². The zero-order chi connectivity index (χ0) is 43.1. The highest BCUT2D eigenvalue weighted by molar-refractivity contribution is 6.41. The summed E-state index contributed by atoms with van der Waals surface area (Å²) in [5.74, 6) is -1.01. The van der Waals surface area contributed by atoms with Crippen molar-refractivity contribution in [1.82, 2.24) is 9.80 Å². The van der Waals surface area contributed by atoms with E-state index < -0.39 is 5.41 Å². The van der Waals surface area contributed by atoms with E-state index in [1.807, 2.05) is 48.5 Å². The fourth-order valence-corrected chi connectivity index (χ4v) is 10.9. The lowest BCUT2D eigenvalue weighted by atomic mass is 9.77. The van der Waals surface area contributed by atoms with E-state index in [2.05, 4.69) is 27.7 Å². The van der Waals surface area contributed by atoms with Crippen molar-refractivity contribution in [1.29, 1.82) is 0 Å². The number of carbonyl (C=O) groups excluding carboxylic acids is 4. The third kappa shape index (κ3) is 8.70. The van der Waals surface area contributed by atoms with Crippen LogP contribution in [-0.4, -0.2) is 57.7 Å². The first-order chi connectivity index (χ1) is 29.7. The highest BCUT2D eigenvalue weighted by Crippen LogP contribution is 2.47. The minimum Gasteiger partial charge on any atom is -0.396 e. The van der Waals surface area contributed by atoms with E-state index in [1.165, 1.54) is 43.4 Å². The van der Waals surface area contributed by atoms with Crippen LogP contribution in [0.5, 0.6) is 0 Å². The molecule has 0 aliphatic carbocycles. The van der Waals surface area contributed by atoms with Gasteiger partial charge in [0.05, 0.1) is 6.61 Å². The monoisotopic (exact) mass is 827 g/mol. The number of aliphatic hydroxyl groups is 1. The van der Waals surface area contributed by atoms with Gasteiger partial charge in [-0.3, -0.25) is 29.0 Å². The molecule has 5 aromatic carbocycles. The smallest absolute Gasteiger partial charge is 0.261 e. The number of aliphatic hydroxyl groups excluding tert-OH is 1. The minimum atomic E-state index is -0.544. The molecule has 61 heavy (non-hydrogen) atoms. The van der Waals surface area contributed by atoms with Crippen LogP contribution in [0.15, 0.2) is 48.5 Å². The molecule has 7 nitrogen and oxygen atoms in total. The quantitative estimate of drug-likeness (QED) is 0.0259. The van der Waals surface area contributed by atoms with Crippen molar-refractivity contribution in [3.8, 4) is 0 Å². The van der Waals surface area contributed by atoms with E-state index in [4.69, 9.17) is 0 Å². The molecule has 0 bridgehead atoms. The van der Waals surface area contributed by atoms with Crippen LogP contribution >= 0.6 is 0 Å². The SMILES string of the molecule is CCCCCCCC(CCCCCCC)N1C(=O)c2ccc3c4ccc5c6c(ccc(c7ccc(c2c37)C1=O)c64)C(=O)N(CC(CO)(CCCCCC)CCCCCC)C5=O. The van der Waals surface area contributed by atoms with Crippen LogP contribution in [0.3, 0.4) is 0 Å². The number of rotatable bonds is 26. The highest BCUT2D eigenvalue weighted by Gasteiger charge is 2.41. The molecular formula is C54H70N2O5. The van der Waals surface area contributed by atoms with Crippen molar-refractivity contribution in [2.45, 2.75) is 175 Å². The Morgan fingerprint density at radius 2 is 0.787 bits per heavy atom. The minimum absolute atomic E-state index is 0.0608. The second-order valence-corrected chi connectivity index (χ2v) is 18.7. The molecule has 5 aromatic rings. The summed E-state index contributed by atoms with van der Waals surface area (Å²) in [6, 6.07) is 15.4. The Kier molecular flexibility index (Phi) is 14.8. The van der Waals surface area contributed by atoms with Crippen LogP contribution in [0, 0.1) is 5.41 Å². The summed E-state index contributed by atoms with van der Waals surface area (Å²) >= 11 is 0. The normalized spacial score (nSPS) is 14.5. The van der Waals surface area contributed by atoms with Crippen molar-refractivity contribution in [3.63, 3.8) is 0 Å². The van der Waals surface area contributed by atoms with Gasteiger partial charge in [0.25, 0.3) is 23.6 Å². The molecule has 2 aliphatic heterocycles. The summed E-state index contributed by atoms with van der Waals surface area (Å²) in [6.45, 7) is 8.95. The molecule has 0 atom stereocenters. The van der Waals surface area contributed by atoms with Gasteiger partial charge in [0.15, 0.2) is 0 Å². The van der Waals surface area contributed by atoms with Crippen molar-refractivity contribution in [3.05, 3.63) is 70.8 Å². The lowest BCUT2D eigenvalue weighted by molar-refractivity contribution is 0.0352. The van der Waals surface area contributed by atoms with Crippen LogP contribution in [-0.2, 0) is 0 Å². The molecule has 326 valence electrons. The van der Waals surface area contributed by atoms with Crippen LogP contribution in [0.2, 0.25) is 0 Å². The number of amides is 4. The lowest BCUT2D eigenvalue weighted by Crippen LogP contribution is -2.48. The molecular weight excluding hydrogens is 757 g/mol. The van der Waals surface area contributed by atoms with E-state index >= 15 is 0 Å². The predicted octanol–water partition coefficient (Wildman–Crippen LogP) is 13.9. The molecule has 7 rings (SSSR count). The van der Waals surface area contributed by atoms with E-state index in [1.54, 1.807) is 4.90 Å². The Bertz CT molecular complexity index is 2210. The summed E-state index contributed by atoms with van der Waals surface area (Å²) < 4.78 is 0. The van der Waals surface area contributed by atoms with E-state index in [0.29, 0.717) is 33.0 Å². The molecule has 0 unspecified atom stereocenters. The Hall–Kier alpha value is -4.36. The molecule has 0 saturated heterocycles. The first-order valence-corrected chi connectivity index (χ1v) is 24.3. The first kappa shape index (κ1) is 44.7. The van der Waals surface area contributed by atoms with Gasteiger partial charge in [-0.05, 0) is 82.3 Å². The number of imide groups is 2. The van der Waals surface area contributed by atoms with Gasteiger partial charge in [-0.15, -0.1) is 0 Å². The van der Waals surface area contributed by atoms with Gasteiger partial charge in [-0.2, -0.15) is 0 Å². The maximum Gasteiger partial charge on any atom is 0.261 e. The van der Waals surface area contributed by atoms with Gasteiger partial charge in [0.2, 0.25) is 0 Å². The average Bonchev–Trinajstić information content (AvgIpc) is 3.27. The molecule has 0 aromatic heterocycles. The summed E-state index contributed by atoms with van der Waals surface area (Å²) in [7, 11) is 0. The van der Waals surface area contributed by atoms with Gasteiger partial charge in [-0.25, -0.2) is 0 Å². The van der Waals surface area contributed by atoms with E-state index in [0.717, 1.165) is 135 Å². The maximum atomic E-state index is 14.6. The van der Waals surface area contributed by atoms with Crippen molar-refractivity contribution in [2.75, 3.05) is 13.2 Å². The number of hydrogen-bond donors (Lipinski definition) is 1. The van der Waals surface area contributed by atoms with Gasteiger partial charge in [0.1, 0.15) is 0 Å². The Labute approximate surface area is 363 Å². The highest BCUT2D eigenvalue weighted by atomic mass is 16.3. The summed E-state index contributed by atoms with van der Waals surface area (Å²) in [5, 5.41) is 17.7. The standard InChI is InChI=1S/C54H70N2O5/c1-5-9-13-17-19-23-37(24-20-18-14-10-6-2)56-52(60)44-31-27-40-38-25-29-42-48-43(30-26-39(46(38)48)41-28-32-45(53(56)61)49(44)47(40)41)51(59)55(50(42)58)35-54(36-57,33-21-15-11-7-3)34-22-16-12-8-4/h25-32,37,57H,5-24,33-36H2,1-4H3. The molecule has 0 radical (unpaired) electrons. The van der Waals surface area contributed by atoms with Gasteiger partial charge >= 0.3 is 0 Å². The molecule has 2 heterocycles. The van der Waals surface area contributed by atoms with Crippen molar-refractivity contribution < 1.29 is 24.3 Å². The van der Waals surface area contributed by atoms with Crippen LogP contribution < -0.4 is 0 Å². The fourth-order valence-electron chi connectivity index (χ4n) is 10.9. The molecule has 7 heteroatoms. The number of unbranched alkanes of at least 4 members (excludes halogenated alkanes) is 14. The third-order valence-corrected chi connectivity index (χ3v) is 14.3. The number of benzene rings is 5. The van der Waals surface area contributed by atoms with Crippen LogP contribution in [0.1, 0.15) is 210 Å². The van der Waals surface area contributed by atoms with E-state index in [9.17, 15) is 24.3 Å². The summed E-state index contributed by atoms with van der Waals surface area (Å²) in [4.78, 5) is 61.5. The molecule has 0 fully saturated rings. The molecule has 2 aliphatic rings. The molecule has 1 N–H and O–H groups in total. The lowest BCUT2D eigenvalue weighted by Gasteiger charge is -2.38. The summed E-state index contributed by atoms with van der Waals surface area (Å²) in [6.07, 6.45) is 23.1. The molecule has 4 amide bonds. The van der Waals surface area contributed by atoms with Gasteiger partial charge in [0, 0.05) is 51.0 Å². The largest absolute Gasteiger partial charge is 0.396 e. The van der Waals surface area contributed by atoms with Gasteiger partial charge < -0.3 is 5.11 Å². The third-order valence-electron chi connectivity index (χ3n) is 14.3. The zero-order valence-corrected chi connectivity index (χ0v) is 37.6. The fraction of sp³-hybridized carbons (Fsp3) is 0.556. The Morgan fingerprint density at radius 1 is 0.443 bits per heavy atom. The van der Waals surface area contributed by atoms with Crippen molar-refractivity contribution >= 4 is 66.7 Å². The maximum absolute atomic E-state index is 14.6. The second-order valence-electron chi connectivity index (χ2n) is 18.7. The number of nitrogens with zero attached hydrogens (tertiary/aromatic N) is 2. The Balaban J connectivity index is 1.25. The second kappa shape index (κ2) is 20.2. The van der Waals surface area contributed by atoms with Crippen LogP contribution in [0.4, 0.5) is 0 Å². The number of hydrogen-bond acceptors (Lipinski definition) is 5. The first-order valence-electron chi connectivity index (χ1n) is 24.3. The zero-order valence-electron chi connectivity index (χ0n) is 37.6. The molecule has 0 spiro atoms. The summed E-state index contributed by atoms with van der Waals surface area (Å²) in [5.41, 5.74) is 1.61.